The first-order chi connectivity index (χ1) is 17.9. The van der Waals surface area contributed by atoms with E-state index in [1.165, 1.54) is 4.57 Å². The lowest BCUT2D eigenvalue weighted by Gasteiger charge is -2.23. The number of rotatable bonds is 5. The van der Waals surface area contributed by atoms with Gasteiger partial charge in [-0.2, -0.15) is 13.2 Å². The Kier molecular flexibility index (Phi) is 6.13. The van der Waals surface area contributed by atoms with Crippen LogP contribution in [0.25, 0.3) is 10.9 Å². The number of anilines is 2. The molecule has 1 aliphatic heterocycles. The van der Waals surface area contributed by atoms with Gasteiger partial charge in [0.25, 0.3) is 5.56 Å². The van der Waals surface area contributed by atoms with E-state index >= 15 is 0 Å². The molecule has 1 aliphatic rings. The Morgan fingerprint density at radius 2 is 1.74 bits per heavy atom. The van der Waals surface area contributed by atoms with Crippen molar-refractivity contribution in [1.29, 1.82) is 0 Å². The van der Waals surface area contributed by atoms with Crippen LogP contribution >= 0.6 is 0 Å². The highest BCUT2D eigenvalue weighted by atomic mass is 19.4. The minimum Gasteiger partial charge on any atom is -0.478 e. The fraction of sp³-hybridized carbons (Fsp3) is 0.250. The Balaban J connectivity index is 1.58. The van der Waals surface area contributed by atoms with Gasteiger partial charge in [-0.3, -0.25) is 9.36 Å². The van der Waals surface area contributed by atoms with E-state index in [0.29, 0.717) is 41.6 Å². The van der Waals surface area contributed by atoms with Crippen LogP contribution in [0.5, 0.6) is 0 Å². The molecule has 2 N–H and O–H groups in total. The molecule has 2 heterocycles. The van der Waals surface area contributed by atoms with E-state index in [4.69, 9.17) is 4.98 Å². The van der Waals surface area contributed by atoms with Crippen molar-refractivity contribution in [1.82, 2.24) is 9.55 Å². The molecule has 4 aromatic rings. The second kappa shape index (κ2) is 9.20. The first kappa shape index (κ1) is 25.3. The van der Waals surface area contributed by atoms with E-state index in [1.54, 1.807) is 20.0 Å². The molecule has 5 rings (SSSR count). The van der Waals surface area contributed by atoms with Gasteiger partial charge in [-0.25, -0.2) is 9.78 Å². The molecule has 38 heavy (non-hydrogen) atoms. The summed E-state index contributed by atoms with van der Waals surface area (Å²) in [6.07, 6.45) is -4.67. The molecule has 0 saturated carbocycles. The van der Waals surface area contributed by atoms with Crippen molar-refractivity contribution in [3.63, 3.8) is 0 Å². The van der Waals surface area contributed by atoms with Crippen LogP contribution in [0.1, 0.15) is 51.1 Å². The van der Waals surface area contributed by atoms with Gasteiger partial charge < -0.3 is 15.3 Å². The predicted molar refractivity (Wildman–Crippen MR) is 138 cm³/mol. The van der Waals surface area contributed by atoms with Crippen LogP contribution in [-0.4, -0.2) is 20.6 Å². The Morgan fingerprint density at radius 1 is 1.08 bits per heavy atom. The fourth-order valence-corrected chi connectivity index (χ4v) is 4.96. The van der Waals surface area contributed by atoms with Gasteiger partial charge >= 0.3 is 12.1 Å². The van der Waals surface area contributed by atoms with Gasteiger partial charge in [0.2, 0.25) is 5.95 Å². The minimum absolute atomic E-state index is 0.0340. The lowest BCUT2D eigenvalue weighted by Crippen LogP contribution is -2.28. The zero-order valence-corrected chi connectivity index (χ0v) is 20.9. The third kappa shape index (κ3) is 4.46. The molecule has 0 fully saturated rings. The van der Waals surface area contributed by atoms with Gasteiger partial charge in [-0.05, 0) is 54.8 Å². The Labute approximate surface area is 216 Å². The number of alkyl halides is 3. The second-order valence-corrected chi connectivity index (χ2v) is 9.58. The van der Waals surface area contributed by atoms with Crippen LogP contribution in [0, 0.1) is 6.92 Å². The molecule has 0 radical (unpaired) electrons. The molecular formula is C28H25F3N4O3. The number of hydrogen-bond acceptors (Lipinski definition) is 5. The number of halogens is 3. The summed E-state index contributed by atoms with van der Waals surface area (Å²) in [4.78, 5) is 32.1. The molecule has 1 atom stereocenters. The topological polar surface area (TPSA) is 87.5 Å². The van der Waals surface area contributed by atoms with Crippen LogP contribution in [-0.2, 0) is 26.3 Å². The number of nitrogens with one attached hydrogen (secondary N) is 1. The number of carboxylic acid groups (broad SMARTS) is 1. The maximum Gasteiger partial charge on any atom is 0.416 e. The number of carboxylic acids is 1. The zero-order valence-electron chi connectivity index (χ0n) is 20.9. The van der Waals surface area contributed by atoms with E-state index in [9.17, 15) is 27.9 Å². The van der Waals surface area contributed by atoms with E-state index in [0.717, 1.165) is 28.8 Å². The van der Waals surface area contributed by atoms with Gasteiger partial charge in [-0.15, -0.1) is 0 Å². The Hall–Kier alpha value is -4.34. The number of fused-ring (bicyclic) bond motifs is 2. The average molecular weight is 523 g/mol. The van der Waals surface area contributed by atoms with Crippen LogP contribution < -0.4 is 15.8 Å². The molecule has 0 amide bonds. The minimum atomic E-state index is -4.67. The monoisotopic (exact) mass is 522 g/mol. The van der Waals surface area contributed by atoms with Crippen molar-refractivity contribution in [2.24, 2.45) is 7.05 Å². The van der Waals surface area contributed by atoms with Gasteiger partial charge in [0.15, 0.2) is 0 Å². The highest BCUT2D eigenvalue weighted by Crippen LogP contribution is 2.34. The second-order valence-electron chi connectivity index (χ2n) is 9.58. The molecule has 0 aliphatic carbocycles. The number of carbonyl (C=O) groups is 1. The first-order valence-electron chi connectivity index (χ1n) is 12.0. The summed E-state index contributed by atoms with van der Waals surface area (Å²) in [5, 5.41) is 13.0. The van der Waals surface area contributed by atoms with Crippen molar-refractivity contribution in [3.05, 3.63) is 98.3 Å². The Morgan fingerprint density at radius 3 is 2.34 bits per heavy atom. The van der Waals surface area contributed by atoms with E-state index in [1.807, 2.05) is 42.2 Å². The summed E-state index contributed by atoms with van der Waals surface area (Å²) in [6.45, 7) is 4.79. The number of aryl methyl sites for hydroxylation is 1. The highest BCUT2D eigenvalue weighted by Gasteiger charge is 2.32. The van der Waals surface area contributed by atoms with Crippen LogP contribution in [0.15, 0.2) is 59.4 Å². The highest BCUT2D eigenvalue weighted by molar-refractivity contribution is 5.95. The number of aromatic carboxylic acids is 1. The molecular weight excluding hydrogens is 497 g/mol. The van der Waals surface area contributed by atoms with Crippen LogP contribution in [0.2, 0.25) is 0 Å². The maximum absolute atomic E-state index is 13.4. The zero-order chi connectivity index (χ0) is 27.4. The van der Waals surface area contributed by atoms with Crippen molar-refractivity contribution < 1.29 is 23.1 Å². The van der Waals surface area contributed by atoms with E-state index in [2.05, 4.69) is 5.32 Å². The fourth-order valence-electron chi connectivity index (χ4n) is 4.96. The third-order valence-electron chi connectivity index (χ3n) is 6.87. The molecule has 10 heteroatoms. The largest absolute Gasteiger partial charge is 0.478 e. The molecule has 3 aromatic carbocycles. The quantitative estimate of drug-likeness (QED) is 0.352. The van der Waals surface area contributed by atoms with Crippen LogP contribution in [0.4, 0.5) is 24.8 Å². The summed E-state index contributed by atoms with van der Waals surface area (Å²) in [6, 6.07) is 13.6. The number of hydrogen-bond donors (Lipinski definition) is 2. The molecule has 1 unspecified atom stereocenters. The Bertz CT molecular complexity index is 1620. The van der Waals surface area contributed by atoms with Crippen molar-refractivity contribution in [2.45, 2.75) is 39.2 Å². The standard InChI is InChI=1S/C28H25F3N4O3/c1-15-10-20(16(2)32-23-9-8-19(28(29,30)31)12-21(23)26(37)38)24-22(11-15)25(36)34(3)27(33-24)35-13-17-6-4-5-7-18(17)14-35/h4-12,16,32H,13-14H2,1-3H3,(H,37,38). The van der Waals surface area contributed by atoms with Gasteiger partial charge in [0, 0.05) is 31.4 Å². The number of aromatic nitrogens is 2. The lowest BCUT2D eigenvalue weighted by atomic mass is 10.00. The lowest BCUT2D eigenvalue weighted by molar-refractivity contribution is -0.137. The molecule has 0 saturated heterocycles. The smallest absolute Gasteiger partial charge is 0.416 e. The molecule has 196 valence electrons. The molecule has 0 spiro atoms. The molecule has 1 aromatic heterocycles. The van der Waals surface area contributed by atoms with Crippen LogP contribution in [0.3, 0.4) is 0 Å². The third-order valence-corrected chi connectivity index (χ3v) is 6.87. The summed E-state index contributed by atoms with van der Waals surface area (Å²) >= 11 is 0. The van der Waals surface area contributed by atoms with Crippen molar-refractivity contribution >= 4 is 28.5 Å². The maximum atomic E-state index is 13.4. The van der Waals surface area contributed by atoms with Crippen molar-refractivity contribution in [2.75, 3.05) is 10.2 Å². The summed E-state index contributed by atoms with van der Waals surface area (Å²) in [5.74, 6) is -0.987. The van der Waals surface area contributed by atoms with Crippen molar-refractivity contribution in [3.8, 4) is 0 Å². The normalized spacial score (nSPS) is 14.0. The van der Waals surface area contributed by atoms with E-state index in [-0.39, 0.29) is 11.2 Å². The first-order valence-corrected chi connectivity index (χ1v) is 12.0. The van der Waals surface area contributed by atoms with E-state index < -0.39 is 29.3 Å². The molecule has 0 bridgehead atoms. The average Bonchev–Trinajstić information content (AvgIpc) is 3.29. The van der Waals surface area contributed by atoms with Gasteiger partial charge in [0.1, 0.15) is 0 Å². The van der Waals surface area contributed by atoms with Gasteiger partial charge in [0.05, 0.1) is 28.1 Å². The SMILES string of the molecule is Cc1cc(C(C)Nc2ccc(C(F)(F)F)cc2C(=O)O)c2nc(N3Cc4ccccc4C3)n(C)c(=O)c2c1. The summed E-state index contributed by atoms with van der Waals surface area (Å²) < 4.78 is 41.0. The summed E-state index contributed by atoms with van der Waals surface area (Å²) in [5.41, 5.74) is 2.46. The molecule has 7 nitrogen and oxygen atoms in total. The van der Waals surface area contributed by atoms with Gasteiger partial charge in [-0.1, -0.05) is 30.3 Å². The summed E-state index contributed by atoms with van der Waals surface area (Å²) in [7, 11) is 1.68. The number of benzene rings is 3. The predicted octanol–water partition coefficient (Wildman–Crippen LogP) is 5.65. The number of nitrogens with zero attached hydrogens (tertiary/aromatic N) is 3.